The molecule has 0 amide bonds. The Hall–Kier alpha value is -3.47. The van der Waals surface area contributed by atoms with Gasteiger partial charge in [0.25, 0.3) is 0 Å². The molecular weight excluding hydrogens is 436 g/mol. The Kier molecular flexibility index (Phi) is 5.28. The summed E-state index contributed by atoms with van der Waals surface area (Å²) in [7, 11) is 0. The van der Waals surface area contributed by atoms with Crippen molar-refractivity contribution in [1.29, 1.82) is 0 Å². The number of benzene rings is 1. The van der Waals surface area contributed by atoms with Crippen LogP contribution in [0.3, 0.4) is 0 Å². The number of aryl methyl sites for hydroxylation is 1. The van der Waals surface area contributed by atoms with E-state index in [0.29, 0.717) is 32.2 Å². The van der Waals surface area contributed by atoms with Crippen molar-refractivity contribution in [3.63, 3.8) is 0 Å². The van der Waals surface area contributed by atoms with E-state index in [1.54, 1.807) is 21.5 Å². The molecule has 3 aromatic rings. The molecule has 5 rings (SSSR count). The van der Waals surface area contributed by atoms with Crippen LogP contribution in [0.5, 0.6) is 17.4 Å². The molecular formula is C22H23F2N5O4. The number of ether oxygens (including phenoxy) is 3. The minimum Gasteiger partial charge on any atom is -0.473 e. The van der Waals surface area contributed by atoms with Crippen LogP contribution in [-0.4, -0.2) is 38.2 Å². The number of rotatable bonds is 7. The van der Waals surface area contributed by atoms with Crippen molar-refractivity contribution in [2.24, 2.45) is 0 Å². The molecule has 1 saturated heterocycles. The van der Waals surface area contributed by atoms with Crippen LogP contribution in [0.25, 0.3) is 0 Å². The minimum atomic E-state index is -0.871. The van der Waals surface area contributed by atoms with Gasteiger partial charge in [-0.2, -0.15) is 10.1 Å². The third-order valence-electron chi connectivity index (χ3n) is 5.75. The lowest BCUT2D eigenvalue weighted by Crippen LogP contribution is -2.40. The second kappa shape index (κ2) is 8.14. The Morgan fingerprint density at radius 2 is 2.03 bits per heavy atom. The molecule has 1 aromatic carbocycles. The predicted molar refractivity (Wildman–Crippen MR) is 113 cm³/mol. The number of nitrogens with zero attached hydrogens (tertiary/aromatic N) is 5. The summed E-state index contributed by atoms with van der Waals surface area (Å²) in [5.41, 5.74) is -0.514. The summed E-state index contributed by atoms with van der Waals surface area (Å²) in [6.45, 7) is 5.86. The van der Waals surface area contributed by atoms with Gasteiger partial charge >= 0.3 is 5.69 Å². The van der Waals surface area contributed by atoms with Crippen molar-refractivity contribution in [2.45, 2.75) is 45.5 Å². The van der Waals surface area contributed by atoms with Crippen LogP contribution < -0.4 is 20.1 Å². The molecule has 0 bridgehead atoms. The summed E-state index contributed by atoms with van der Waals surface area (Å²) in [4.78, 5) is 18.4. The van der Waals surface area contributed by atoms with E-state index >= 15 is 0 Å². The number of halogens is 2. The van der Waals surface area contributed by atoms with Gasteiger partial charge in [0.15, 0.2) is 23.1 Å². The van der Waals surface area contributed by atoms with E-state index in [2.05, 4.69) is 10.1 Å². The average molecular weight is 459 g/mol. The Bertz CT molecular complexity index is 1240. The maximum absolute atomic E-state index is 14.6. The lowest BCUT2D eigenvalue weighted by Gasteiger charge is -2.24. The number of anilines is 1. The third kappa shape index (κ3) is 3.92. The molecule has 1 unspecified atom stereocenters. The van der Waals surface area contributed by atoms with Crippen LogP contribution >= 0.6 is 0 Å². The van der Waals surface area contributed by atoms with Gasteiger partial charge in [0.1, 0.15) is 19.2 Å². The first-order chi connectivity index (χ1) is 15.9. The number of aromatic nitrogens is 4. The van der Waals surface area contributed by atoms with Crippen LogP contribution in [-0.2, 0) is 24.4 Å². The van der Waals surface area contributed by atoms with E-state index in [1.165, 1.54) is 6.20 Å². The van der Waals surface area contributed by atoms with Crippen LogP contribution in [0.2, 0.25) is 0 Å². The minimum absolute atomic E-state index is 0.0758. The number of hydrogen-bond donors (Lipinski definition) is 0. The van der Waals surface area contributed by atoms with Gasteiger partial charge in [-0.1, -0.05) is 6.92 Å². The summed E-state index contributed by atoms with van der Waals surface area (Å²) in [5, 5.41) is 4.08. The molecule has 0 spiro atoms. The van der Waals surface area contributed by atoms with Crippen LogP contribution in [0.15, 0.2) is 35.4 Å². The van der Waals surface area contributed by atoms with Gasteiger partial charge in [-0.3, -0.25) is 9.25 Å². The molecule has 9 nitrogen and oxygen atoms in total. The van der Waals surface area contributed by atoms with Gasteiger partial charge in [0, 0.05) is 12.6 Å². The molecule has 11 heteroatoms. The van der Waals surface area contributed by atoms with E-state index in [4.69, 9.17) is 14.2 Å². The standard InChI is InChI=1S/C22H23F2N5O4/c1-3-4-27-9-15(8-25-27)33-20-16(23)5-14(6-17(20)24)10-32-18-7-19-28(21(30)26-18)11-22(2)12-31-13-29(19)22/h5-9H,3-4,10-13H2,1-2H3. The highest BCUT2D eigenvalue weighted by molar-refractivity contribution is 5.50. The zero-order chi connectivity index (χ0) is 23.2. The van der Waals surface area contributed by atoms with Crippen molar-refractivity contribution in [3.8, 4) is 17.4 Å². The van der Waals surface area contributed by atoms with Crippen LogP contribution in [0.4, 0.5) is 14.6 Å². The lowest BCUT2D eigenvalue weighted by molar-refractivity contribution is 0.174. The molecule has 0 saturated carbocycles. The highest BCUT2D eigenvalue weighted by Gasteiger charge is 2.45. The SMILES string of the molecule is CCCn1cc(Oc2c(F)cc(COc3cc4n(c(=O)n3)CC3(C)COCN43)cc2F)cn1. The number of hydrogen-bond acceptors (Lipinski definition) is 7. The molecule has 4 heterocycles. The van der Waals surface area contributed by atoms with E-state index in [-0.39, 0.29) is 29.3 Å². The Morgan fingerprint density at radius 3 is 2.79 bits per heavy atom. The Morgan fingerprint density at radius 1 is 1.24 bits per heavy atom. The lowest BCUT2D eigenvalue weighted by atomic mass is 10.1. The molecule has 2 aliphatic rings. The zero-order valence-corrected chi connectivity index (χ0v) is 18.3. The zero-order valence-electron chi connectivity index (χ0n) is 18.3. The second-order valence-corrected chi connectivity index (χ2v) is 8.44. The van der Waals surface area contributed by atoms with Crippen LogP contribution in [0, 0.1) is 11.6 Å². The summed E-state index contributed by atoms with van der Waals surface area (Å²) in [6, 6.07) is 3.89. The van der Waals surface area contributed by atoms with E-state index in [0.717, 1.165) is 18.6 Å². The summed E-state index contributed by atoms with van der Waals surface area (Å²) >= 11 is 0. The first-order valence-corrected chi connectivity index (χ1v) is 10.6. The van der Waals surface area contributed by atoms with E-state index < -0.39 is 23.1 Å². The molecule has 1 fully saturated rings. The average Bonchev–Trinajstić information content (AvgIpc) is 3.43. The smallest absolute Gasteiger partial charge is 0.352 e. The first-order valence-electron chi connectivity index (χ1n) is 10.6. The Balaban J connectivity index is 1.31. The quantitative estimate of drug-likeness (QED) is 0.537. The molecule has 174 valence electrons. The van der Waals surface area contributed by atoms with Gasteiger partial charge in [0.2, 0.25) is 5.88 Å². The summed E-state index contributed by atoms with van der Waals surface area (Å²) in [6.07, 6.45) is 3.85. The second-order valence-electron chi connectivity index (χ2n) is 8.44. The van der Waals surface area contributed by atoms with E-state index in [1.807, 2.05) is 18.7 Å². The monoisotopic (exact) mass is 459 g/mol. The fourth-order valence-corrected chi connectivity index (χ4v) is 4.14. The molecule has 2 aromatic heterocycles. The molecule has 2 aliphatic heterocycles. The van der Waals surface area contributed by atoms with Gasteiger partial charge in [-0.25, -0.2) is 13.6 Å². The molecule has 33 heavy (non-hydrogen) atoms. The first kappa shape index (κ1) is 21.4. The summed E-state index contributed by atoms with van der Waals surface area (Å²) in [5.74, 6) is -1.29. The van der Waals surface area contributed by atoms with Gasteiger partial charge in [-0.05, 0) is 31.0 Å². The van der Waals surface area contributed by atoms with Gasteiger partial charge in [-0.15, -0.1) is 0 Å². The third-order valence-corrected chi connectivity index (χ3v) is 5.75. The Labute approximate surface area is 188 Å². The highest BCUT2D eigenvalue weighted by Crippen LogP contribution is 2.37. The van der Waals surface area contributed by atoms with Gasteiger partial charge in [0.05, 0.1) is 31.1 Å². The summed E-state index contributed by atoms with van der Waals surface area (Å²) < 4.78 is 48.8. The van der Waals surface area contributed by atoms with E-state index in [9.17, 15) is 13.6 Å². The topological polar surface area (TPSA) is 83.6 Å². The molecule has 0 radical (unpaired) electrons. The van der Waals surface area contributed by atoms with Crippen molar-refractivity contribution in [3.05, 3.63) is 58.3 Å². The van der Waals surface area contributed by atoms with Crippen LogP contribution in [0.1, 0.15) is 25.8 Å². The van der Waals surface area contributed by atoms with Crippen molar-refractivity contribution < 1.29 is 23.0 Å². The highest BCUT2D eigenvalue weighted by atomic mass is 19.1. The predicted octanol–water partition coefficient (Wildman–Crippen LogP) is 3.07. The fourth-order valence-electron chi connectivity index (χ4n) is 4.14. The van der Waals surface area contributed by atoms with Gasteiger partial charge < -0.3 is 19.1 Å². The maximum atomic E-state index is 14.6. The van der Waals surface area contributed by atoms with Crippen molar-refractivity contribution in [2.75, 3.05) is 18.2 Å². The normalized spacial score (nSPS) is 19.0. The molecule has 0 aliphatic carbocycles. The fraction of sp³-hybridized carbons (Fsp3) is 0.409. The largest absolute Gasteiger partial charge is 0.473 e. The van der Waals surface area contributed by atoms with Crippen molar-refractivity contribution in [1.82, 2.24) is 19.3 Å². The molecule has 1 atom stereocenters. The maximum Gasteiger partial charge on any atom is 0.352 e. The molecule has 0 N–H and O–H groups in total. The number of fused-ring (bicyclic) bond motifs is 3. The van der Waals surface area contributed by atoms with Crippen molar-refractivity contribution >= 4 is 5.82 Å².